The van der Waals surface area contributed by atoms with E-state index in [1.165, 1.54) is 24.6 Å². The van der Waals surface area contributed by atoms with Gasteiger partial charge in [0, 0.05) is 6.54 Å². The summed E-state index contributed by atoms with van der Waals surface area (Å²) in [5.41, 5.74) is 2.80. The van der Waals surface area contributed by atoms with Crippen molar-refractivity contribution < 1.29 is 14.3 Å². The lowest BCUT2D eigenvalue weighted by Gasteiger charge is -2.15. The van der Waals surface area contributed by atoms with Crippen LogP contribution in [0, 0.1) is 0 Å². The average molecular weight is 353 g/mol. The summed E-state index contributed by atoms with van der Waals surface area (Å²) in [6.07, 6.45) is 8.31. The Morgan fingerprint density at radius 3 is 2.81 bits per heavy atom. The minimum atomic E-state index is -0.879. The fourth-order valence-electron chi connectivity index (χ4n) is 2.95. The Labute approximate surface area is 152 Å². The van der Waals surface area contributed by atoms with Crippen molar-refractivity contribution in [3.63, 3.8) is 0 Å². The lowest BCUT2D eigenvalue weighted by Crippen LogP contribution is -2.36. The molecule has 1 aromatic heterocycles. The highest BCUT2D eigenvalue weighted by atomic mass is 16.5. The Morgan fingerprint density at radius 2 is 2.04 bits per heavy atom. The first kappa shape index (κ1) is 18.0. The SMILES string of the molecule is CC(OC(=O)c1cnc2ccccc2n1)C(=O)NCCC1=CCCCC1. The van der Waals surface area contributed by atoms with Crippen LogP contribution in [0.2, 0.25) is 0 Å². The van der Waals surface area contributed by atoms with Crippen LogP contribution in [0.5, 0.6) is 0 Å². The second-order valence-corrected chi connectivity index (χ2v) is 6.44. The van der Waals surface area contributed by atoms with E-state index in [4.69, 9.17) is 4.74 Å². The smallest absolute Gasteiger partial charge is 0.359 e. The molecule has 6 nitrogen and oxygen atoms in total. The summed E-state index contributed by atoms with van der Waals surface area (Å²) >= 11 is 0. The molecule has 1 amide bonds. The molecule has 0 saturated carbocycles. The third kappa shape index (κ3) is 4.65. The number of aromatic nitrogens is 2. The number of hydrogen-bond acceptors (Lipinski definition) is 5. The van der Waals surface area contributed by atoms with Crippen LogP contribution < -0.4 is 5.32 Å². The van der Waals surface area contributed by atoms with Gasteiger partial charge in [0.15, 0.2) is 11.8 Å². The predicted molar refractivity (Wildman–Crippen MR) is 98.6 cm³/mol. The second-order valence-electron chi connectivity index (χ2n) is 6.44. The van der Waals surface area contributed by atoms with Crippen molar-refractivity contribution in [2.75, 3.05) is 6.54 Å². The highest BCUT2D eigenvalue weighted by Crippen LogP contribution is 2.19. The monoisotopic (exact) mass is 353 g/mol. The zero-order chi connectivity index (χ0) is 18.4. The molecule has 0 aliphatic heterocycles. The number of benzene rings is 1. The molecule has 1 heterocycles. The first-order valence-corrected chi connectivity index (χ1v) is 9.02. The quantitative estimate of drug-likeness (QED) is 0.637. The van der Waals surface area contributed by atoms with Gasteiger partial charge in [0.05, 0.1) is 17.2 Å². The number of esters is 1. The number of rotatable bonds is 6. The Bertz CT molecular complexity index is 832. The van der Waals surface area contributed by atoms with Gasteiger partial charge in [-0.3, -0.25) is 9.78 Å². The van der Waals surface area contributed by atoms with Crippen molar-refractivity contribution in [2.24, 2.45) is 0 Å². The van der Waals surface area contributed by atoms with Crippen molar-refractivity contribution >= 4 is 22.9 Å². The van der Waals surface area contributed by atoms with E-state index in [9.17, 15) is 9.59 Å². The highest BCUT2D eigenvalue weighted by Gasteiger charge is 2.20. The molecule has 0 fully saturated rings. The Kier molecular flexibility index (Phi) is 5.94. The first-order valence-electron chi connectivity index (χ1n) is 9.02. The Hall–Kier alpha value is -2.76. The van der Waals surface area contributed by atoms with Gasteiger partial charge in [-0.05, 0) is 51.2 Å². The van der Waals surface area contributed by atoms with E-state index < -0.39 is 12.1 Å². The van der Waals surface area contributed by atoms with Crippen LogP contribution in [-0.4, -0.2) is 34.5 Å². The molecule has 0 bridgehead atoms. The van der Waals surface area contributed by atoms with Crippen LogP contribution >= 0.6 is 0 Å². The zero-order valence-corrected chi connectivity index (χ0v) is 14.9. The fourth-order valence-corrected chi connectivity index (χ4v) is 2.95. The third-order valence-corrected chi connectivity index (χ3v) is 4.44. The molecular formula is C20H23N3O3. The molecule has 1 aliphatic carbocycles. The van der Waals surface area contributed by atoms with Crippen molar-refractivity contribution in [1.29, 1.82) is 0 Å². The summed E-state index contributed by atoms with van der Waals surface area (Å²) in [6.45, 7) is 2.12. The maximum absolute atomic E-state index is 12.2. The predicted octanol–water partition coefficient (Wildman–Crippen LogP) is 3.18. The van der Waals surface area contributed by atoms with Crippen LogP contribution in [0.15, 0.2) is 42.1 Å². The molecule has 1 unspecified atom stereocenters. The molecule has 136 valence electrons. The number of amides is 1. The molecule has 0 spiro atoms. The summed E-state index contributed by atoms with van der Waals surface area (Å²) in [5.74, 6) is -0.954. The van der Waals surface area contributed by atoms with E-state index >= 15 is 0 Å². The molecule has 3 rings (SSSR count). The largest absolute Gasteiger partial charge is 0.448 e. The standard InChI is InChI=1S/C20H23N3O3/c1-14(19(24)21-12-11-15-7-3-2-4-8-15)26-20(25)18-13-22-16-9-5-6-10-17(16)23-18/h5-7,9-10,13-14H,2-4,8,11-12H2,1H3,(H,21,24). The summed E-state index contributed by atoms with van der Waals surface area (Å²) in [7, 11) is 0. The van der Waals surface area contributed by atoms with E-state index in [2.05, 4.69) is 21.4 Å². The minimum Gasteiger partial charge on any atom is -0.448 e. The summed E-state index contributed by atoms with van der Waals surface area (Å²) in [5, 5.41) is 2.82. The van der Waals surface area contributed by atoms with Crippen molar-refractivity contribution in [2.45, 2.75) is 45.1 Å². The number of nitrogens with one attached hydrogen (secondary N) is 1. The number of carbonyl (C=O) groups is 2. The minimum absolute atomic E-state index is 0.0933. The zero-order valence-electron chi connectivity index (χ0n) is 14.9. The lowest BCUT2D eigenvalue weighted by molar-refractivity contribution is -0.129. The lowest BCUT2D eigenvalue weighted by atomic mass is 9.97. The molecule has 2 aromatic rings. The molecule has 1 N–H and O–H groups in total. The number of fused-ring (bicyclic) bond motifs is 1. The first-order chi connectivity index (χ1) is 12.6. The molecule has 0 radical (unpaired) electrons. The van der Waals surface area contributed by atoms with Crippen LogP contribution in [0.3, 0.4) is 0 Å². The number of allylic oxidation sites excluding steroid dienone is 1. The van der Waals surface area contributed by atoms with Crippen molar-refractivity contribution in [1.82, 2.24) is 15.3 Å². The number of carbonyl (C=O) groups excluding carboxylic acids is 2. The van der Waals surface area contributed by atoms with Crippen LogP contribution in [0.1, 0.15) is 49.5 Å². The van der Waals surface area contributed by atoms with Crippen LogP contribution in [0.4, 0.5) is 0 Å². The number of nitrogens with zero attached hydrogens (tertiary/aromatic N) is 2. The van der Waals surface area contributed by atoms with E-state index in [-0.39, 0.29) is 11.6 Å². The van der Waals surface area contributed by atoms with Gasteiger partial charge in [0.2, 0.25) is 0 Å². The topological polar surface area (TPSA) is 81.2 Å². The Balaban J connectivity index is 1.50. The van der Waals surface area contributed by atoms with Gasteiger partial charge < -0.3 is 10.1 Å². The van der Waals surface area contributed by atoms with E-state index in [1.54, 1.807) is 13.0 Å². The van der Waals surface area contributed by atoms with Gasteiger partial charge in [-0.1, -0.05) is 23.8 Å². The number of ether oxygens (including phenoxy) is 1. The van der Waals surface area contributed by atoms with E-state index in [0.717, 1.165) is 19.3 Å². The molecule has 6 heteroatoms. The molecule has 26 heavy (non-hydrogen) atoms. The maximum atomic E-state index is 12.2. The van der Waals surface area contributed by atoms with Crippen molar-refractivity contribution in [3.05, 3.63) is 47.8 Å². The molecule has 1 aliphatic rings. The summed E-state index contributed by atoms with van der Waals surface area (Å²) in [4.78, 5) is 32.8. The number of para-hydroxylation sites is 2. The van der Waals surface area contributed by atoms with Crippen LogP contribution in [0.25, 0.3) is 11.0 Å². The second kappa shape index (κ2) is 8.56. The fraction of sp³-hybridized carbons (Fsp3) is 0.400. The van der Waals surface area contributed by atoms with E-state index in [1.807, 2.05) is 18.2 Å². The molecule has 0 saturated heterocycles. The van der Waals surface area contributed by atoms with E-state index in [0.29, 0.717) is 17.6 Å². The normalized spacial score (nSPS) is 15.2. The Morgan fingerprint density at radius 1 is 1.23 bits per heavy atom. The summed E-state index contributed by atoms with van der Waals surface area (Å²) in [6, 6.07) is 7.26. The van der Waals surface area contributed by atoms with Crippen molar-refractivity contribution in [3.8, 4) is 0 Å². The third-order valence-electron chi connectivity index (χ3n) is 4.44. The van der Waals surface area contributed by atoms with Crippen LogP contribution in [-0.2, 0) is 9.53 Å². The molecule has 1 atom stereocenters. The highest BCUT2D eigenvalue weighted by molar-refractivity contribution is 5.92. The number of hydrogen-bond donors (Lipinski definition) is 1. The van der Waals surface area contributed by atoms with Gasteiger partial charge in [-0.25, -0.2) is 9.78 Å². The average Bonchev–Trinajstić information content (AvgIpc) is 2.68. The molecule has 1 aromatic carbocycles. The van der Waals surface area contributed by atoms with Gasteiger partial charge in [0.1, 0.15) is 0 Å². The van der Waals surface area contributed by atoms with Gasteiger partial charge in [-0.2, -0.15) is 0 Å². The summed E-state index contributed by atoms with van der Waals surface area (Å²) < 4.78 is 5.22. The maximum Gasteiger partial charge on any atom is 0.359 e. The molecular weight excluding hydrogens is 330 g/mol. The van der Waals surface area contributed by atoms with Gasteiger partial charge in [-0.15, -0.1) is 0 Å². The van der Waals surface area contributed by atoms with Gasteiger partial charge in [0.25, 0.3) is 5.91 Å². The van der Waals surface area contributed by atoms with Gasteiger partial charge >= 0.3 is 5.97 Å².